The van der Waals surface area contributed by atoms with Crippen LogP contribution in [0.4, 0.5) is 11.4 Å². The fourth-order valence-corrected chi connectivity index (χ4v) is 3.22. The summed E-state index contributed by atoms with van der Waals surface area (Å²) < 4.78 is 0. The number of anilines is 2. The van der Waals surface area contributed by atoms with Crippen LogP contribution in [-0.2, 0) is 5.41 Å². The molecule has 0 amide bonds. The smallest absolute Gasteiger partial charge is 0.150 e. The molecule has 20 heavy (non-hydrogen) atoms. The summed E-state index contributed by atoms with van der Waals surface area (Å²) in [6.07, 6.45) is 0.924. The quantitative estimate of drug-likeness (QED) is 0.755. The Bertz CT molecular complexity index is 673. The lowest BCUT2D eigenvalue weighted by atomic mass is 9.73. The molecule has 0 spiro atoms. The number of hydrogen-bond donors (Lipinski definition) is 0. The summed E-state index contributed by atoms with van der Waals surface area (Å²) in [5, 5.41) is 0. The third-order valence-corrected chi connectivity index (χ3v) is 4.31. The first kappa shape index (κ1) is 12.9. The van der Waals surface area contributed by atoms with Gasteiger partial charge in [-0.25, -0.2) is 0 Å². The monoisotopic (exact) mass is 265 g/mol. The minimum Gasteiger partial charge on any atom is -0.341 e. The average molecular weight is 265 g/mol. The molecule has 2 aromatic rings. The Morgan fingerprint density at radius 1 is 1.05 bits per heavy atom. The van der Waals surface area contributed by atoms with Gasteiger partial charge in [0.2, 0.25) is 0 Å². The fraction of sp³-hybridized carbons (Fsp3) is 0.278. The molecule has 102 valence electrons. The van der Waals surface area contributed by atoms with Crippen LogP contribution >= 0.6 is 0 Å². The molecular formula is C18H19NO. The van der Waals surface area contributed by atoms with Gasteiger partial charge in [-0.3, -0.25) is 4.79 Å². The van der Waals surface area contributed by atoms with E-state index < -0.39 is 0 Å². The Morgan fingerprint density at radius 2 is 1.75 bits per heavy atom. The molecule has 1 heterocycles. The summed E-state index contributed by atoms with van der Waals surface area (Å²) in [5.41, 5.74) is 5.68. The Kier molecular flexibility index (Phi) is 2.89. The summed E-state index contributed by atoms with van der Waals surface area (Å²) >= 11 is 0. The topological polar surface area (TPSA) is 20.3 Å². The lowest BCUT2D eigenvalue weighted by Gasteiger charge is -2.41. The highest BCUT2D eigenvalue weighted by atomic mass is 16.1. The minimum absolute atomic E-state index is 0.0867. The van der Waals surface area contributed by atoms with E-state index in [1.165, 1.54) is 22.5 Å². The zero-order valence-corrected chi connectivity index (χ0v) is 12.2. The third kappa shape index (κ3) is 1.68. The molecule has 0 atom stereocenters. The van der Waals surface area contributed by atoms with Crippen LogP contribution in [0.3, 0.4) is 0 Å². The summed E-state index contributed by atoms with van der Waals surface area (Å²) in [4.78, 5) is 13.4. The number of fused-ring (bicyclic) bond motifs is 2. The Labute approximate surface area is 120 Å². The standard InChI is InChI=1S/C18H19NO/c1-4-19-16-8-6-5-7-14(16)18(2,3)15-11-13(12-20)9-10-17(15)19/h5-12H,4H2,1-3H3. The number of hydrogen-bond acceptors (Lipinski definition) is 2. The van der Waals surface area contributed by atoms with Crippen molar-refractivity contribution in [3.8, 4) is 0 Å². The van der Waals surface area contributed by atoms with Crippen molar-refractivity contribution in [3.63, 3.8) is 0 Å². The lowest BCUT2D eigenvalue weighted by molar-refractivity contribution is 0.112. The van der Waals surface area contributed by atoms with E-state index in [0.717, 1.165) is 18.4 Å². The molecule has 0 aromatic heterocycles. The second kappa shape index (κ2) is 4.48. The van der Waals surface area contributed by atoms with Crippen molar-refractivity contribution in [1.29, 1.82) is 0 Å². The van der Waals surface area contributed by atoms with Gasteiger partial charge in [0.05, 0.1) is 0 Å². The second-order valence-electron chi connectivity index (χ2n) is 5.78. The lowest BCUT2D eigenvalue weighted by Crippen LogP contribution is -2.32. The maximum Gasteiger partial charge on any atom is 0.150 e. The van der Waals surface area contributed by atoms with E-state index in [4.69, 9.17) is 0 Å². The molecule has 0 N–H and O–H groups in total. The normalized spacial score (nSPS) is 15.4. The zero-order valence-electron chi connectivity index (χ0n) is 12.2. The van der Waals surface area contributed by atoms with Crippen LogP contribution in [0, 0.1) is 0 Å². The predicted molar refractivity (Wildman–Crippen MR) is 83.1 cm³/mol. The van der Waals surface area contributed by atoms with Crippen LogP contribution in [0.25, 0.3) is 0 Å². The summed E-state index contributed by atoms with van der Waals surface area (Å²) in [6, 6.07) is 14.5. The van der Waals surface area contributed by atoms with Crippen molar-refractivity contribution >= 4 is 17.7 Å². The van der Waals surface area contributed by atoms with E-state index in [0.29, 0.717) is 0 Å². The summed E-state index contributed by atoms with van der Waals surface area (Å²) in [7, 11) is 0. The van der Waals surface area contributed by atoms with Gasteiger partial charge in [0.1, 0.15) is 6.29 Å². The van der Waals surface area contributed by atoms with Crippen molar-refractivity contribution in [2.45, 2.75) is 26.2 Å². The summed E-state index contributed by atoms with van der Waals surface area (Å²) in [5.74, 6) is 0. The van der Waals surface area contributed by atoms with E-state index in [1.54, 1.807) is 0 Å². The van der Waals surface area contributed by atoms with Crippen LogP contribution in [0.2, 0.25) is 0 Å². The SMILES string of the molecule is CCN1c2ccccc2C(C)(C)c2cc(C=O)ccc21. The number of benzene rings is 2. The van der Waals surface area contributed by atoms with Gasteiger partial charge in [-0.2, -0.15) is 0 Å². The number of para-hydroxylation sites is 1. The third-order valence-electron chi connectivity index (χ3n) is 4.31. The highest BCUT2D eigenvalue weighted by Crippen LogP contribution is 2.48. The first-order chi connectivity index (χ1) is 9.59. The van der Waals surface area contributed by atoms with Crippen LogP contribution in [0.15, 0.2) is 42.5 Å². The van der Waals surface area contributed by atoms with Crippen molar-refractivity contribution in [3.05, 3.63) is 59.2 Å². The maximum atomic E-state index is 11.1. The molecule has 0 bridgehead atoms. The molecule has 2 heteroatoms. The van der Waals surface area contributed by atoms with E-state index >= 15 is 0 Å². The molecule has 2 nitrogen and oxygen atoms in total. The fourth-order valence-electron chi connectivity index (χ4n) is 3.22. The van der Waals surface area contributed by atoms with Gasteiger partial charge >= 0.3 is 0 Å². The molecule has 0 aliphatic carbocycles. The molecule has 0 unspecified atom stereocenters. The zero-order chi connectivity index (χ0) is 14.3. The largest absolute Gasteiger partial charge is 0.341 e. The predicted octanol–water partition coefficient (Wildman–Crippen LogP) is 4.30. The van der Waals surface area contributed by atoms with Crippen LogP contribution in [0.5, 0.6) is 0 Å². The Balaban J connectivity index is 2.31. The Morgan fingerprint density at radius 3 is 2.45 bits per heavy atom. The highest BCUT2D eigenvalue weighted by Gasteiger charge is 2.35. The molecule has 1 aliphatic rings. The van der Waals surface area contributed by atoms with Crippen molar-refractivity contribution in [2.75, 3.05) is 11.4 Å². The van der Waals surface area contributed by atoms with Gasteiger partial charge in [-0.05, 0) is 42.3 Å². The molecule has 0 saturated carbocycles. The molecular weight excluding hydrogens is 246 g/mol. The summed E-state index contributed by atoms with van der Waals surface area (Å²) in [6.45, 7) is 7.53. The van der Waals surface area contributed by atoms with Gasteiger partial charge in [0.15, 0.2) is 0 Å². The second-order valence-corrected chi connectivity index (χ2v) is 5.78. The molecule has 0 radical (unpaired) electrons. The first-order valence-corrected chi connectivity index (χ1v) is 7.06. The van der Waals surface area contributed by atoms with Gasteiger partial charge in [-0.1, -0.05) is 32.0 Å². The van der Waals surface area contributed by atoms with Crippen molar-refractivity contribution in [1.82, 2.24) is 0 Å². The first-order valence-electron chi connectivity index (χ1n) is 7.06. The number of nitrogens with zero attached hydrogens (tertiary/aromatic N) is 1. The van der Waals surface area contributed by atoms with Crippen LogP contribution in [0.1, 0.15) is 42.3 Å². The van der Waals surface area contributed by atoms with E-state index in [1.807, 2.05) is 12.1 Å². The Hall–Kier alpha value is -2.09. The van der Waals surface area contributed by atoms with Gasteiger partial charge < -0.3 is 4.90 Å². The molecule has 0 saturated heterocycles. The van der Waals surface area contributed by atoms with Crippen LogP contribution in [-0.4, -0.2) is 12.8 Å². The number of rotatable bonds is 2. The number of carbonyl (C=O) groups is 1. The molecule has 1 aliphatic heterocycles. The molecule has 0 fully saturated rings. The van der Waals surface area contributed by atoms with Gasteiger partial charge in [0, 0.05) is 28.9 Å². The molecule has 2 aromatic carbocycles. The minimum atomic E-state index is -0.0867. The van der Waals surface area contributed by atoms with Gasteiger partial charge in [-0.15, -0.1) is 0 Å². The highest BCUT2D eigenvalue weighted by molar-refractivity contribution is 5.82. The maximum absolute atomic E-state index is 11.1. The number of carbonyl (C=O) groups excluding carboxylic acids is 1. The number of aldehydes is 1. The van der Waals surface area contributed by atoms with Crippen LogP contribution < -0.4 is 4.90 Å². The van der Waals surface area contributed by atoms with Crippen molar-refractivity contribution in [2.24, 2.45) is 0 Å². The molecule has 3 rings (SSSR count). The van der Waals surface area contributed by atoms with Gasteiger partial charge in [0.25, 0.3) is 0 Å². The van der Waals surface area contributed by atoms with E-state index in [-0.39, 0.29) is 5.41 Å². The van der Waals surface area contributed by atoms with Crippen molar-refractivity contribution < 1.29 is 4.79 Å². The van der Waals surface area contributed by atoms with E-state index in [2.05, 4.69) is 56.0 Å². The average Bonchev–Trinajstić information content (AvgIpc) is 2.48. The van der Waals surface area contributed by atoms with E-state index in [9.17, 15) is 4.79 Å².